The first-order chi connectivity index (χ1) is 13.4. The van der Waals surface area contributed by atoms with E-state index < -0.39 is 0 Å². The summed E-state index contributed by atoms with van der Waals surface area (Å²) in [5, 5.41) is 0. The Bertz CT molecular complexity index is 870. The van der Waals surface area contributed by atoms with E-state index in [-0.39, 0.29) is 18.1 Å². The number of hydrogen-bond donors (Lipinski definition) is 0. The monoisotopic (exact) mass is 380 g/mol. The molecule has 1 amide bonds. The number of carbonyl (C=O) groups is 1. The Morgan fingerprint density at radius 3 is 2.57 bits per heavy atom. The molecule has 2 heterocycles. The molecule has 0 saturated carbocycles. The number of aryl methyl sites for hydroxylation is 1. The fourth-order valence-corrected chi connectivity index (χ4v) is 4.05. The molecule has 0 spiro atoms. The Labute approximate surface area is 166 Å². The molecule has 5 heteroatoms. The van der Waals surface area contributed by atoms with Crippen LogP contribution in [0, 0.1) is 6.92 Å². The van der Waals surface area contributed by atoms with Crippen LogP contribution in [-0.4, -0.2) is 49.2 Å². The van der Waals surface area contributed by atoms with E-state index in [0.29, 0.717) is 18.8 Å². The highest BCUT2D eigenvalue weighted by molar-refractivity contribution is 5.78. The molecule has 0 aliphatic carbocycles. The molecule has 0 unspecified atom stereocenters. The first-order valence-electron chi connectivity index (χ1n) is 9.95. The van der Waals surface area contributed by atoms with Crippen LogP contribution >= 0.6 is 0 Å². The maximum atomic E-state index is 12.7. The summed E-state index contributed by atoms with van der Waals surface area (Å²) < 4.78 is 11.9. The predicted octanol–water partition coefficient (Wildman–Crippen LogP) is 3.44. The predicted molar refractivity (Wildman–Crippen MR) is 110 cm³/mol. The van der Waals surface area contributed by atoms with Gasteiger partial charge in [-0.05, 0) is 38.5 Å². The lowest BCUT2D eigenvalue weighted by Crippen LogP contribution is -2.50. The van der Waals surface area contributed by atoms with Gasteiger partial charge in [-0.2, -0.15) is 0 Å². The zero-order valence-corrected chi connectivity index (χ0v) is 16.9. The second kappa shape index (κ2) is 7.38. The van der Waals surface area contributed by atoms with Crippen LogP contribution in [0.15, 0.2) is 42.5 Å². The molecule has 2 aliphatic heterocycles. The fraction of sp³-hybridized carbons (Fsp3) is 0.435. The van der Waals surface area contributed by atoms with Crippen molar-refractivity contribution in [3.8, 4) is 11.5 Å². The second-order valence-electron chi connectivity index (χ2n) is 8.23. The summed E-state index contributed by atoms with van der Waals surface area (Å²) in [6.45, 7) is 9.42. The highest BCUT2D eigenvalue weighted by atomic mass is 16.5. The zero-order chi connectivity index (χ0) is 19.7. The average Bonchev–Trinajstić information content (AvgIpc) is 3.01. The molecule has 4 rings (SSSR count). The maximum absolute atomic E-state index is 12.7. The summed E-state index contributed by atoms with van der Waals surface area (Å²) in [5.74, 6) is 1.47. The molecule has 2 aromatic rings. The van der Waals surface area contributed by atoms with E-state index in [2.05, 4.69) is 56.0 Å². The van der Waals surface area contributed by atoms with E-state index in [0.717, 1.165) is 30.8 Å². The minimum atomic E-state index is -0.225. The van der Waals surface area contributed by atoms with Crippen LogP contribution in [0.4, 0.5) is 5.69 Å². The lowest BCUT2D eigenvalue weighted by atomic mass is 10.0. The van der Waals surface area contributed by atoms with Crippen molar-refractivity contribution in [2.75, 3.05) is 37.7 Å². The highest BCUT2D eigenvalue weighted by Crippen LogP contribution is 2.41. The zero-order valence-electron chi connectivity index (χ0n) is 16.9. The van der Waals surface area contributed by atoms with Gasteiger partial charge in [-0.3, -0.25) is 4.79 Å². The molecule has 0 radical (unpaired) electrons. The molecule has 2 aromatic carbocycles. The second-order valence-corrected chi connectivity index (χ2v) is 8.23. The molecule has 0 aromatic heterocycles. The Balaban J connectivity index is 1.33. The molecular formula is C23H28N2O3. The Hall–Kier alpha value is -2.69. The molecule has 0 atom stereocenters. The number of nitrogens with zero attached hydrogens (tertiary/aromatic N) is 2. The SMILES string of the molecule is Cc1ccccc1N1CCN(C(=O)COc2cccc3c2OC(C)(C)C3)CC1. The molecular weight excluding hydrogens is 352 g/mol. The first kappa shape index (κ1) is 18.7. The molecule has 0 bridgehead atoms. The van der Waals surface area contributed by atoms with Gasteiger partial charge >= 0.3 is 0 Å². The number of benzene rings is 2. The summed E-state index contributed by atoms with van der Waals surface area (Å²) in [4.78, 5) is 16.9. The number of piperazine rings is 1. The summed E-state index contributed by atoms with van der Waals surface area (Å²) in [6, 6.07) is 14.3. The quantitative estimate of drug-likeness (QED) is 0.815. The van der Waals surface area contributed by atoms with Crippen molar-refractivity contribution in [2.45, 2.75) is 32.8 Å². The lowest BCUT2D eigenvalue weighted by molar-refractivity contribution is -0.133. The van der Waals surface area contributed by atoms with Gasteiger partial charge in [0.15, 0.2) is 18.1 Å². The number of hydrogen-bond acceptors (Lipinski definition) is 4. The highest BCUT2D eigenvalue weighted by Gasteiger charge is 2.32. The number of para-hydroxylation sites is 2. The lowest BCUT2D eigenvalue weighted by Gasteiger charge is -2.36. The molecule has 5 nitrogen and oxygen atoms in total. The minimum Gasteiger partial charge on any atom is -0.483 e. The molecule has 1 saturated heterocycles. The third-order valence-electron chi connectivity index (χ3n) is 5.49. The third kappa shape index (κ3) is 3.79. The van der Waals surface area contributed by atoms with Crippen molar-refractivity contribution in [2.24, 2.45) is 0 Å². The molecule has 0 N–H and O–H groups in total. The Kier molecular flexibility index (Phi) is 4.92. The van der Waals surface area contributed by atoms with Gasteiger partial charge in [-0.1, -0.05) is 30.3 Å². The van der Waals surface area contributed by atoms with Crippen molar-refractivity contribution >= 4 is 11.6 Å². The number of rotatable bonds is 4. The summed E-state index contributed by atoms with van der Waals surface area (Å²) in [7, 11) is 0. The maximum Gasteiger partial charge on any atom is 0.260 e. The van der Waals surface area contributed by atoms with E-state index >= 15 is 0 Å². The van der Waals surface area contributed by atoms with Crippen molar-refractivity contribution in [3.63, 3.8) is 0 Å². The van der Waals surface area contributed by atoms with Crippen LogP contribution in [0.1, 0.15) is 25.0 Å². The van der Waals surface area contributed by atoms with Crippen LogP contribution in [0.5, 0.6) is 11.5 Å². The van der Waals surface area contributed by atoms with Gasteiger partial charge in [0.2, 0.25) is 0 Å². The van der Waals surface area contributed by atoms with E-state index in [9.17, 15) is 4.79 Å². The van der Waals surface area contributed by atoms with Crippen LogP contribution in [0.3, 0.4) is 0 Å². The first-order valence-corrected chi connectivity index (χ1v) is 9.95. The van der Waals surface area contributed by atoms with Gasteiger partial charge in [0, 0.05) is 43.9 Å². The van der Waals surface area contributed by atoms with Crippen LogP contribution < -0.4 is 14.4 Å². The van der Waals surface area contributed by atoms with E-state index in [4.69, 9.17) is 9.47 Å². The minimum absolute atomic E-state index is 0.0271. The van der Waals surface area contributed by atoms with E-state index in [1.54, 1.807) is 0 Å². The van der Waals surface area contributed by atoms with Crippen LogP contribution in [0.25, 0.3) is 0 Å². The largest absolute Gasteiger partial charge is 0.483 e. The van der Waals surface area contributed by atoms with E-state index in [1.807, 2.05) is 17.0 Å². The van der Waals surface area contributed by atoms with Crippen LogP contribution in [0.2, 0.25) is 0 Å². The normalized spacial score (nSPS) is 17.8. The number of carbonyl (C=O) groups excluding carboxylic acids is 1. The summed E-state index contributed by atoms with van der Waals surface area (Å²) >= 11 is 0. The third-order valence-corrected chi connectivity index (χ3v) is 5.49. The van der Waals surface area contributed by atoms with Crippen molar-refractivity contribution in [1.29, 1.82) is 0 Å². The van der Waals surface area contributed by atoms with Gasteiger partial charge in [-0.15, -0.1) is 0 Å². The standard InChI is InChI=1S/C23H28N2O3/c1-17-7-4-5-9-19(17)24-11-13-25(14-12-24)21(26)16-27-20-10-6-8-18-15-23(2,3)28-22(18)20/h4-10H,11-16H2,1-3H3. The molecule has 2 aliphatic rings. The van der Waals surface area contributed by atoms with Gasteiger partial charge in [-0.25, -0.2) is 0 Å². The summed E-state index contributed by atoms with van der Waals surface area (Å²) in [5.41, 5.74) is 3.44. The topological polar surface area (TPSA) is 42.0 Å². The Morgan fingerprint density at radius 2 is 1.82 bits per heavy atom. The van der Waals surface area contributed by atoms with Crippen molar-refractivity contribution in [3.05, 3.63) is 53.6 Å². The average molecular weight is 380 g/mol. The van der Waals surface area contributed by atoms with Gasteiger partial charge in [0.05, 0.1) is 0 Å². The number of ether oxygens (including phenoxy) is 2. The summed E-state index contributed by atoms with van der Waals surface area (Å²) in [6.07, 6.45) is 0.855. The van der Waals surface area contributed by atoms with Crippen molar-refractivity contribution < 1.29 is 14.3 Å². The van der Waals surface area contributed by atoms with Gasteiger partial charge < -0.3 is 19.3 Å². The van der Waals surface area contributed by atoms with Gasteiger partial charge in [0.1, 0.15) is 5.60 Å². The van der Waals surface area contributed by atoms with E-state index in [1.165, 1.54) is 11.3 Å². The molecule has 148 valence electrons. The van der Waals surface area contributed by atoms with Crippen LogP contribution in [-0.2, 0) is 11.2 Å². The smallest absolute Gasteiger partial charge is 0.260 e. The number of amides is 1. The molecule has 28 heavy (non-hydrogen) atoms. The molecule has 1 fully saturated rings. The number of fused-ring (bicyclic) bond motifs is 1. The number of anilines is 1. The fourth-order valence-electron chi connectivity index (χ4n) is 4.05. The Morgan fingerprint density at radius 1 is 1.07 bits per heavy atom. The van der Waals surface area contributed by atoms with Gasteiger partial charge in [0.25, 0.3) is 5.91 Å². The van der Waals surface area contributed by atoms with Crippen molar-refractivity contribution in [1.82, 2.24) is 4.90 Å².